The van der Waals surface area contributed by atoms with Crippen LogP contribution in [-0.4, -0.2) is 29.9 Å². The molecule has 0 radical (unpaired) electrons. The van der Waals surface area contributed by atoms with E-state index < -0.39 is 0 Å². The van der Waals surface area contributed by atoms with E-state index in [0.29, 0.717) is 29.1 Å². The molecule has 5 unspecified atom stereocenters. The van der Waals surface area contributed by atoms with Gasteiger partial charge in [-0.1, -0.05) is 20.8 Å². The van der Waals surface area contributed by atoms with E-state index in [2.05, 4.69) is 25.7 Å². The number of amides is 1. The van der Waals surface area contributed by atoms with Crippen molar-refractivity contribution in [3.05, 3.63) is 0 Å². The zero-order valence-electron chi connectivity index (χ0n) is 12.6. The van der Waals surface area contributed by atoms with Gasteiger partial charge in [0.05, 0.1) is 5.92 Å². The summed E-state index contributed by atoms with van der Waals surface area (Å²) in [5, 5.41) is 0. The van der Waals surface area contributed by atoms with Gasteiger partial charge >= 0.3 is 0 Å². The molecule has 0 aromatic heterocycles. The fourth-order valence-electron chi connectivity index (χ4n) is 4.58. The lowest BCUT2D eigenvalue weighted by molar-refractivity contribution is -0.136. The molecule has 0 spiro atoms. The van der Waals surface area contributed by atoms with Crippen molar-refractivity contribution in [1.82, 2.24) is 4.90 Å². The molecule has 0 aromatic carbocycles. The molecule has 1 aliphatic heterocycles. The van der Waals surface area contributed by atoms with Crippen molar-refractivity contribution < 1.29 is 4.79 Å². The van der Waals surface area contributed by atoms with Gasteiger partial charge in [-0.15, -0.1) is 0 Å². The Morgan fingerprint density at radius 3 is 2.37 bits per heavy atom. The van der Waals surface area contributed by atoms with E-state index in [1.165, 1.54) is 19.3 Å². The molecule has 3 fully saturated rings. The number of carbonyl (C=O) groups is 1. The highest BCUT2D eigenvalue weighted by atomic mass is 16.2. The predicted octanol–water partition coefficient (Wildman–Crippen LogP) is 2.25. The molecule has 19 heavy (non-hydrogen) atoms. The molecular formula is C16H28N2O. The molecule has 2 aliphatic carbocycles. The fourth-order valence-corrected chi connectivity index (χ4v) is 4.58. The van der Waals surface area contributed by atoms with E-state index in [-0.39, 0.29) is 12.0 Å². The number of nitrogens with two attached hydrogens (primary N) is 1. The molecule has 2 N–H and O–H groups in total. The SMILES string of the molecule is CC(C)(C)C1CCN(C(=O)C2C3CCC(C3)C2N)C1. The zero-order valence-corrected chi connectivity index (χ0v) is 12.6. The van der Waals surface area contributed by atoms with Gasteiger partial charge in [0.15, 0.2) is 0 Å². The highest BCUT2D eigenvalue weighted by molar-refractivity contribution is 5.81. The van der Waals surface area contributed by atoms with Gasteiger partial charge in [-0.2, -0.15) is 0 Å². The summed E-state index contributed by atoms with van der Waals surface area (Å²) >= 11 is 0. The molecule has 1 saturated heterocycles. The van der Waals surface area contributed by atoms with Gasteiger partial charge in [0.1, 0.15) is 0 Å². The Labute approximate surface area is 116 Å². The smallest absolute Gasteiger partial charge is 0.227 e. The number of rotatable bonds is 1. The first-order valence-corrected chi connectivity index (χ1v) is 7.92. The summed E-state index contributed by atoms with van der Waals surface area (Å²) in [7, 11) is 0. The monoisotopic (exact) mass is 264 g/mol. The molecule has 3 heteroatoms. The molecule has 1 heterocycles. The van der Waals surface area contributed by atoms with Crippen molar-refractivity contribution in [2.24, 2.45) is 34.8 Å². The topological polar surface area (TPSA) is 46.3 Å². The normalized spacial score (nSPS) is 42.1. The molecule has 0 aromatic rings. The van der Waals surface area contributed by atoms with Crippen molar-refractivity contribution in [3.8, 4) is 0 Å². The Balaban J connectivity index is 1.66. The van der Waals surface area contributed by atoms with Crippen LogP contribution in [0, 0.1) is 29.1 Å². The van der Waals surface area contributed by atoms with E-state index in [0.717, 1.165) is 19.5 Å². The number of carbonyl (C=O) groups excluding carboxylic acids is 1. The lowest BCUT2D eigenvalue weighted by atomic mass is 9.80. The third-order valence-electron chi connectivity index (χ3n) is 5.99. The average Bonchev–Trinajstić information content (AvgIpc) is 3.02. The number of fused-ring (bicyclic) bond motifs is 2. The quantitative estimate of drug-likeness (QED) is 0.789. The van der Waals surface area contributed by atoms with E-state index in [4.69, 9.17) is 5.73 Å². The van der Waals surface area contributed by atoms with Gasteiger partial charge in [0, 0.05) is 19.1 Å². The third-order valence-corrected chi connectivity index (χ3v) is 5.99. The van der Waals surface area contributed by atoms with Crippen LogP contribution < -0.4 is 5.73 Å². The molecule has 3 aliphatic rings. The Kier molecular flexibility index (Phi) is 3.16. The summed E-state index contributed by atoms with van der Waals surface area (Å²) in [5.74, 6) is 2.36. The molecule has 5 atom stereocenters. The highest BCUT2D eigenvalue weighted by Gasteiger charge is 2.51. The maximum absolute atomic E-state index is 12.8. The maximum atomic E-state index is 12.8. The second kappa shape index (κ2) is 4.47. The van der Waals surface area contributed by atoms with Crippen LogP contribution in [-0.2, 0) is 4.79 Å². The minimum Gasteiger partial charge on any atom is -0.342 e. The van der Waals surface area contributed by atoms with Crippen molar-refractivity contribution in [1.29, 1.82) is 0 Å². The third kappa shape index (κ3) is 2.20. The van der Waals surface area contributed by atoms with E-state index in [1.807, 2.05) is 0 Å². The standard InChI is InChI=1S/C16H28N2O/c1-16(2,3)12-6-7-18(9-12)15(19)13-10-4-5-11(8-10)14(13)17/h10-14H,4-9,17H2,1-3H3. The van der Waals surface area contributed by atoms with Gasteiger partial charge in [-0.3, -0.25) is 4.79 Å². The molecular weight excluding hydrogens is 236 g/mol. The molecule has 1 amide bonds. The second-order valence-electron chi connectivity index (χ2n) is 8.07. The van der Waals surface area contributed by atoms with E-state index in [9.17, 15) is 4.79 Å². The van der Waals surface area contributed by atoms with Gasteiger partial charge in [-0.05, 0) is 48.9 Å². The van der Waals surface area contributed by atoms with Crippen molar-refractivity contribution >= 4 is 5.91 Å². The molecule has 2 bridgehead atoms. The minimum atomic E-state index is 0.137. The maximum Gasteiger partial charge on any atom is 0.227 e. The number of likely N-dealkylation sites (tertiary alicyclic amines) is 1. The van der Waals surface area contributed by atoms with Crippen LogP contribution in [0.3, 0.4) is 0 Å². The Morgan fingerprint density at radius 2 is 1.84 bits per heavy atom. The van der Waals surface area contributed by atoms with Crippen molar-refractivity contribution in [2.75, 3.05) is 13.1 Å². The lowest BCUT2D eigenvalue weighted by Gasteiger charge is -2.32. The Bertz CT molecular complexity index is 371. The summed E-state index contributed by atoms with van der Waals surface area (Å²) in [4.78, 5) is 14.9. The van der Waals surface area contributed by atoms with Crippen LogP contribution in [0.15, 0.2) is 0 Å². The van der Waals surface area contributed by atoms with Crippen LogP contribution >= 0.6 is 0 Å². The summed E-state index contributed by atoms with van der Waals surface area (Å²) in [6.45, 7) is 8.75. The van der Waals surface area contributed by atoms with Gasteiger partial charge < -0.3 is 10.6 Å². The minimum absolute atomic E-state index is 0.137. The van der Waals surface area contributed by atoms with Gasteiger partial charge in [0.25, 0.3) is 0 Å². The number of hydrogen-bond acceptors (Lipinski definition) is 2. The molecule has 108 valence electrons. The number of hydrogen-bond donors (Lipinski definition) is 1. The summed E-state index contributed by atoms with van der Waals surface area (Å²) < 4.78 is 0. The highest BCUT2D eigenvalue weighted by Crippen LogP contribution is 2.48. The Morgan fingerprint density at radius 1 is 1.16 bits per heavy atom. The zero-order chi connectivity index (χ0) is 13.8. The summed E-state index contributed by atoms with van der Waals surface area (Å²) in [5.41, 5.74) is 6.62. The van der Waals surface area contributed by atoms with E-state index >= 15 is 0 Å². The largest absolute Gasteiger partial charge is 0.342 e. The van der Waals surface area contributed by atoms with Crippen molar-refractivity contribution in [2.45, 2.75) is 52.5 Å². The summed E-state index contributed by atoms with van der Waals surface area (Å²) in [6.07, 6.45) is 4.84. The average molecular weight is 264 g/mol. The fraction of sp³-hybridized carbons (Fsp3) is 0.938. The first-order chi connectivity index (χ1) is 8.88. The van der Waals surface area contributed by atoms with Crippen LogP contribution in [0.1, 0.15) is 46.5 Å². The molecule has 3 nitrogen and oxygen atoms in total. The van der Waals surface area contributed by atoms with Crippen LogP contribution in [0.4, 0.5) is 0 Å². The first-order valence-electron chi connectivity index (χ1n) is 7.92. The lowest BCUT2D eigenvalue weighted by Crippen LogP contribution is -2.46. The number of nitrogens with zero attached hydrogens (tertiary/aromatic N) is 1. The molecule has 3 rings (SSSR count). The van der Waals surface area contributed by atoms with Crippen LogP contribution in [0.2, 0.25) is 0 Å². The van der Waals surface area contributed by atoms with Crippen LogP contribution in [0.5, 0.6) is 0 Å². The Hall–Kier alpha value is -0.570. The van der Waals surface area contributed by atoms with Crippen LogP contribution in [0.25, 0.3) is 0 Å². The van der Waals surface area contributed by atoms with Gasteiger partial charge in [0.2, 0.25) is 5.91 Å². The van der Waals surface area contributed by atoms with Crippen molar-refractivity contribution in [3.63, 3.8) is 0 Å². The predicted molar refractivity (Wildman–Crippen MR) is 76.4 cm³/mol. The molecule has 2 saturated carbocycles. The van der Waals surface area contributed by atoms with E-state index in [1.54, 1.807) is 0 Å². The summed E-state index contributed by atoms with van der Waals surface area (Å²) in [6, 6.07) is 0.139. The first kappa shape index (κ1) is 13.4. The second-order valence-corrected chi connectivity index (χ2v) is 8.07. The van der Waals surface area contributed by atoms with Gasteiger partial charge in [-0.25, -0.2) is 0 Å².